The number of Topliss-reactive ketones (excluding diaryl/α,β-unsaturated/α-hetero) is 1. The first kappa shape index (κ1) is 28.0. The van der Waals surface area contributed by atoms with Gasteiger partial charge in [-0.1, -0.05) is 0 Å². The van der Waals surface area contributed by atoms with Crippen molar-refractivity contribution in [3.63, 3.8) is 0 Å². The number of nitrogens with one attached hydrogen (secondary N) is 1. The van der Waals surface area contributed by atoms with Gasteiger partial charge >= 0.3 is 21.3 Å². The topological polar surface area (TPSA) is 233 Å². The number of hydrogen-bond acceptors (Lipinski definition) is 12. The van der Waals surface area contributed by atoms with E-state index in [2.05, 4.69) is 18.3 Å². The van der Waals surface area contributed by atoms with E-state index in [-0.39, 0.29) is 12.0 Å². The molecule has 0 spiro atoms. The number of H-pyrrole nitrogens is 1. The molecular formula is C17H26N2O14P2. The van der Waals surface area contributed by atoms with Crippen molar-refractivity contribution in [2.24, 2.45) is 0 Å². The van der Waals surface area contributed by atoms with Crippen LogP contribution in [-0.4, -0.2) is 72.1 Å². The Kier molecular flexibility index (Phi) is 8.07. The van der Waals surface area contributed by atoms with E-state index in [1.807, 2.05) is 0 Å². The molecule has 3 unspecified atom stereocenters. The van der Waals surface area contributed by atoms with Gasteiger partial charge in [0.25, 0.3) is 5.56 Å². The Morgan fingerprint density at radius 1 is 1.23 bits per heavy atom. The SMILES string of the molecule is Cc1cn([C@H]2C[C@H](O)[C@@H](COP(=O)(O)OP(=O)(O)OC3C[C@@](C)(O)C(=O)[C@H](C)O3)O2)c(=O)[nH]c1=O. The van der Waals surface area contributed by atoms with Crippen molar-refractivity contribution in [3.05, 3.63) is 32.6 Å². The van der Waals surface area contributed by atoms with Crippen LogP contribution in [0.5, 0.6) is 0 Å². The van der Waals surface area contributed by atoms with Gasteiger partial charge in [0.05, 0.1) is 12.7 Å². The Morgan fingerprint density at radius 2 is 1.89 bits per heavy atom. The molecule has 198 valence electrons. The Bertz CT molecular complexity index is 1180. The number of phosphoric ester groups is 2. The number of ether oxygens (including phenoxy) is 2. The summed E-state index contributed by atoms with van der Waals surface area (Å²) in [6, 6.07) is 0. The van der Waals surface area contributed by atoms with E-state index < -0.39 is 82.1 Å². The summed E-state index contributed by atoms with van der Waals surface area (Å²) in [6.45, 7) is 3.09. The molecule has 2 aliphatic rings. The predicted octanol–water partition coefficient (Wildman–Crippen LogP) is -0.801. The monoisotopic (exact) mass is 544 g/mol. The zero-order chi connectivity index (χ0) is 26.3. The van der Waals surface area contributed by atoms with Gasteiger partial charge in [-0.2, -0.15) is 4.31 Å². The van der Waals surface area contributed by atoms with Crippen molar-refractivity contribution in [2.75, 3.05) is 6.61 Å². The van der Waals surface area contributed by atoms with Crippen LogP contribution in [0.1, 0.15) is 38.5 Å². The number of carbonyl (C=O) groups is 1. The van der Waals surface area contributed by atoms with Crippen LogP contribution in [-0.2, 0) is 36.8 Å². The highest BCUT2D eigenvalue weighted by molar-refractivity contribution is 7.61. The van der Waals surface area contributed by atoms with Crippen LogP contribution in [0.15, 0.2) is 15.8 Å². The molecular weight excluding hydrogens is 518 g/mol. The van der Waals surface area contributed by atoms with Crippen molar-refractivity contribution in [3.8, 4) is 0 Å². The van der Waals surface area contributed by atoms with Gasteiger partial charge in [0.2, 0.25) is 0 Å². The number of phosphoric acid groups is 2. The van der Waals surface area contributed by atoms with E-state index in [4.69, 9.17) is 9.47 Å². The normalized spacial score (nSPS) is 34.9. The molecule has 0 aromatic carbocycles. The Hall–Kier alpha value is -1.55. The number of nitrogens with zero attached hydrogens (tertiary/aromatic N) is 1. The highest BCUT2D eigenvalue weighted by atomic mass is 31.3. The third-order valence-corrected chi connectivity index (χ3v) is 7.97. The second kappa shape index (κ2) is 10.1. The summed E-state index contributed by atoms with van der Waals surface area (Å²) >= 11 is 0. The molecule has 3 heterocycles. The van der Waals surface area contributed by atoms with Crippen LogP contribution >= 0.6 is 15.6 Å². The smallest absolute Gasteiger partial charge is 0.390 e. The quantitative estimate of drug-likeness (QED) is 0.252. The van der Waals surface area contributed by atoms with Crippen molar-refractivity contribution in [1.82, 2.24) is 9.55 Å². The molecule has 0 amide bonds. The molecule has 35 heavy (non-hydrogen) atoms. The maximum absolute atomic E-state index is 12.2. The number of aryl methyl sites for hydroxylation is 1. The molecule has 0 saturated carbocycles. The molecule has 2 fully saturated rings. The van der Waals surface area contributed by atoms with E-state index in [0.717, 1.165) is 11.5 Å². The molecule has 3 rings (SSSR count). The highest BCUT2D eigenvalue weighted by Crippen LogP contribution is 2.61. The lowest BCUT2D eigenvalue weighted by Gasteiger charge is -2.36. The van der Waals surface area contributed by atoms with Gasteiger partial charge in [-0.3, -0.25) is 28.2 Å². The minimum absolute atomic E-state index is 0.131. The van der Waals surface area contributed by atoms with Gasteiger partial charge in [-0.15, -0.1) is 0 Å². The first-order chi connectivity index (χ1) is 16.0. The van der Waals surface area contributed by atoms with Gasteiger partial charge in [0.1, 0.15) is 24.0 Å². The molecule has 8 atom stereocenters. The molecule has 0 radical (unpaired) electrons. The van der Waals surface area contributed by atoms with Crippen molar-refractivity contribution in [2.45, 2.75) is 70.0 Å². The van der Waals surface area contributed by atoms with Gasteiger partial charge in [-0.05, 0) is 20.8 Å². The second-order valence-electron chi connectivity index (χ2n) is 8.38. The fourth-order valence-corrected chi connectivity index (χ4v) is 5.73. The summed E-state index contributed by atoms with van der Waals surface area (Å²) < 4.78 is 49.5. The largest absolute Gasteiger partial charge is 0.483 e. The lowest BCUT2D eigenvalue weighted by atomic mass is 9.91. The van der Waals surface area contributed by atoms with E-state index >= 15 is 0 Å². The number of ketones is 1. The minimum atomic E-state index is -5.31. The second-order valence-corrected chi connectivity index (χ2v) is 11.4. The highest BCUT2D eigenvalue weighted by Gasteiger charge is 2.47. The zero-order valence-electron chi connectivity index (χ0n) is 18.8. The fraction of sp³-hybridized carbons (Fsp3) is 0.706. The van der Waals surface area contributed by atoms with E-state index in [9.17, 15) is 43.5 Å². The first-order valence-electron chi connectivity index (χ1n) is 10.3. The zero-order valence-corrected chi connectivity index (χ0v) is 20.6. The molecule has 1 aromatic heterocycles. The van der Waals surface area contributed by atoms with Crippen LogP contribution < -0.4 is 11.2 Å². The van der Waals surface area contributed by atoms with Crippen LogP contribution in [0.25, 0.3) is 0 Å². The molecule has 0 bridgehead atoms. The average Bonchev–Trinajstić information content (AvgIpc) is 3.06. The molecule has 18 heteroatoms. The number of aromatic amines is 1. The van der Waals surface area contributed by atoms with Crippen molar-refractivity contribution >= 4 is 21.4 Å². The summed E-state index contributed by atoms with van der Waals surface area (Å²) in [4.78, 5) is 57.1. The average molecular weight is 544 g/mol. The maximum atomic E-state index is 12.2. The van der Waals surface area contributed by atoms with Crippen LogP contribution in [0.2, 0.25) is 0 Å². The van der Waals surface area contributed by atoms with Crippen molar-refractivity contribution < 1.29 is 56.8 Å². The van der Waals surface area contributed by atoms with Gasteiger partial charge in [-0.25, -0.2) is 13.9 Å². The summed E-state index contributed by atoms with van der Waals surface area (Å²) in [5.74, 6) is -0.685. The number of aliphatic hydroxyl groups is 2. The van der Waals surface area contributed by atoms with Gasteiger partial charge < -0.3 is 29.5 Å². The lowest BCUT2D eigenvalue weighted by molar-refractivity contribution is -0.201. The number of carbonyl (C=O) groups excluding carboxylic acids is 1. The minimum Gasteiger partial charge on any atom is -0.390 e. The summed E-state index contributed by atoms with van der Waals surface area (Å²) in [5, 5.41) is 20.2. The maximum Gasteiger partial charge on any atom is 0.483 e. The number of aliphatic hydroxyl groups excluding tert-OH is 1. The van der Waals surface area contributed by atoms with E-state index in [1.165, 1.54) is 20.0 Å². The molecule has 2 aliphatic heterocycles. The molecule has 16 nitrogen and oxygen atoms in total. The molecule has 0 aliphatic carbocycles. The first-order valence-corrected chi connectivity index (χ1v) is 13.3. The Morgan fingerprint density at radius 3 is 2.51 bits per heavy atom. The summed E-state index contributed by atoms with van der Waals surface area (Å²) in [6.07, 6.45) is -5.81. The summed E-state index contributed by atoms with van der Waals surface area (Å²) in [5.41, 5.74) is -3.12. The summed E-state index contributed by atoms with van der Waals surface area (Å²) in [7, 11) is -10.6. The van der Waals surface area contributed by atoms with Gasteiger partial charge in [0, 0.05) is 24.6 Å². The molecule has 2 saturated heterocycles. The third kappa shape index (κ3) is 6.81. The predicted molar refractivity (Wildman–Crippen MR) is 113 cm³/mol. The van der Waals surface area contributed by atoms with Crippen LogP contribution in [0.3, 0.4) is 0 Å². The Labute approximate surface area is 197 Å². The van der Waals surface area contributed by atoms with Crippen LogP contribution in [0, 0.1) is 6.92 Å². The van der Waals surface area contributed by atoms with E-state index in [0.29, 0.717) is 0 Å². The number of aromatic nitrogens is 2. The molecule has 5 N–H and O–H groups in total. The third-order valence-electron chi connectivity index (χ3n) is 5.34. The van der Waals surface area contributed by atoms with Crippen LogP contribution in [0.4, 0.5) is 0 Å². The molecule has 1 aromatic rings. The van der Waals surface area contributed by atoms with Gasteiger partial charge in [0.15, 0.2) is 12.1 Å². The van der Waals surface area contributed by atoms with E-state index in [1.54, 1.807) is 0 Å². The fourth-order valence-electron chi connectivity index (χ4n) is 3.59. The number of rotatable bonds is 8. The lowest BCUT2D eigenvalue weighted by Crippen LogP contribution is -2.51. The van der Waals surface area contributed by atoms with Crippen molar-refractivity contribution in [1.29, 1.82) is 0 Å². The Balaban J connectivity index is 1.58. The standard InChI is InChI=1S/C17H26N2O14P2/c1-8-6-19(16(23)18-15(8)22)12-4-10(20)11(31-12)7-29-34(25,26)33-35(27,28)32-13-5-17(3,24)14(21)9(2)30-13/h6,9-13,20,24H,4-5,7H2,1-3H3,(H,25,26)(H,27,28)(H,18,22,23)/t9-,10-,11+,12+,13?,17+/m0/s1. The number of hydrogen-bond donors (Lipinski definition) is 5.